The van der Waals surface area contributed by atoms with Crippen molar-refractivity contribution in [1.82, 2.24) is 15.6 Å². The van der Waals surface area contributed by atoms with Crippen molar-refractivity contribution in [3.63, 3.8) is 0 Å². The molecule has 2 heterocycles. The number of carbonyl (C=O) groups is 1. The summed E-state index contributed by atoms with van der Waals surface area (Å²) in [6.07, 6.45) is 2.88. The lowest BCUT2D eigenvalue weighted by Crippen LogP contribution is -2.42. The molecule has 0 bridgehead atoms. The average Bonchev–Trinajstić information content (AvgIpc) is 3.04. The molecule has 1 aliphatic heterocycles. The van der Waals surface area contributed by atoms with Crippen LogP contribution in [-0.2, 0) is 4.79 Å². The third-order valence-corrected chi connectivity index (χ3v) is 7.56. The lowest BCUT2D eigenvalue weighted by Gasteiger charge is -2.23. The number of hydrogen-bond acceptors (Lipinski definition) is 8. The predicted molar refractivity (Wildman–Crippen MR) is 163 cm³/mol. The second-order valence-corrected chi connectivity index (χ2v) is 10.5. The van der Waals surface area contributed by atoms with Crippen LogP contribution in [0.1, 0.15) is 37.8 Å². The number of aromatic nitrogens is 1. The lowest BCUT2D eigenvalue weighted by atomic mass is 9.99. The van der Waals surface area contributed by atoms with Crippen molar-refractivity contribution < 1.29 is 28.5 Å². The molecule has 0 spiro atoms. The number of aliphatic hydroxyl groups excluding tert-OH is 1. The molecule has 5 rings (SSSR count). The van der Waals surface area contributed by atoms with Gasteiger partial charge in [-0.2, -0.15) is 0 Å². The summed E-state index contributed by atoms with van der Waals surface area (Å²) in [7, 11) is 1.57. The van der Waals surface area contributed by atoms with Gasteiger partial charge < -0.3 is 30.0 Å². The number of halogens is 1. The minimum atomic E-state index is -1.49. The van der Waals surface area contributed by atoms with E-state index in [2.05, 4.69) is 20.9 Å². The number of amides is 1. The zero-order chi connectivity index (χ0) is 30.2. The van der Waals surface area contributed by atoms with Crippen molar-refractivity contribution in [1.29, 1.82) is 0 Å². The molecule has 43 heavy (non-hydrogen) atoms. The van der Waals surface area contributed by atoms with Crippen molar-refractivity contribution in [2.45, 2.75) is 38.5 Å². The number of benzene rings is 3. The second-order valence-electron chi connectivity index (χ2n) is 10.5. The van der Waals surface area contributed by atoms with Crippen molar-refractivity contribution in [3.8, 4) is 23.0 Å². The van der Waals surface area contributed by atoms with Gasteiger partial charge in [-0.3, -0.25) is 15.1 Å². The summed E-state index contributed by atoms with van der Waals surface area (Å²) in [5.74, 6) is 0.557. The smallest absolute Gasteiger partial charge is 0.268 e. The van der Waals surface area contributed by atoms with E-state index in [1.54, 1.807) is 31.5 Å². The Morgan fingerprint density at radius 3 is 2.56 bits per heavy atom. The molecule has 1 saturated heterocycles. The highest BCUT2D eigenvalue weighted by Gasteiger charge is 2.21. The zero-order valence-corrected chi connectivity index (χ0v) is 24.3. The van der Waals surface area contributed by atoms with E-state index in [1.807, 2.05) is 37.3 Å². The molecule has 1 aromatic heterocycles. The molecular weight excluding hydrogens is 551 g/mol. The number of nitrogens with zero attached hydrogens (tertiary/aromatic N) is 1. The van der Waals surface area contributed by atoms with Crippen LogP contribution in [0.2, 0.25) is 0 Å². The van der Waals surface area contributed by atoms with Crippen LogP contribution in [0, 0.1) is 11.7 Å². The molecule has 0 saturated carbocycles. The van der Waals surface area contributed by atoms with Crippen LogP contribution in [-0.4, -0.2) is 49.0 Å². The summed E-state index contributed by atoms with van der Waals surface area (Å²) in [5, 5.41) is 19.9. The Morgan fingerprint density at radius 2 is 1.84 bits per heavy atom. The van der Waals surface area contributed by atoms with Gasteiger partial charge in [0.05, 0.1) is 19.2 Å². The number of fused-ring (bicyclic) bond motifs is 1. The first-order chi connectivity index (χ1) is 20.9. The van der Waals surface area contributed by atoms with Gasteiger partial charge in [0, 0.05) is 35.4 Å². The lowest BCUT2D eigenvalue weighted by molar-refractivity contribution is -0.126. The molecule has 3 aromatic carbocycles. The third-order valence-electron chi connectivity index (χ3n) is 7.56. The second kappa shape index (κ2) is 14.3. The number of pyridine rings is 1. The highest BCUT2D eigenvalue weighted by molar-refractivity contribution is 5.94. The monoisotopic (exact) mass is 588 g/mol. The molecule has 2 atom stereocenters. The number of hydrogen-bond donors (Lipinski definition) is 4. The minimum Gasteiger partial charge on any atom is -0.493 e. The van der Waals surface area contributed by atoms with E-state index in [4.69, 9.17) is 14.2 Å². The Morgan fingerprint density at radius 1 is 1.05 bits per heavy atom. The fourth-order valence-corrected chi connectivity index (χ4v) is 5.14. The summed E-state index contributed by atoms with van der Waals surface area (Å²) >= 11 is 0. The van der Waals surface area contributed by atoms with Crippen LogP contribution >= 0.6 is 0 Å². The van der Waals surface area contributed by atoms with Crippen LogP contribution < -0.4 is 30.2 Å². The van der Waals surface area contributed by atoms with Crippen molar-refractivity contribution in [3.05, 3.63) is 84.3 Å². The summed E-state index contributed by atoms with van der Waals surface area (Å²) in [6.45, 7) is 4.52. The first-order valence-corrected chi connectivity index (χ1v) is 14.5. The van der Waals surface area contributed by atoms with Crippen molar-refractivity contribution >= 4 is 22.5 Å². The number of methoxy groups -OCH3 is 1. The van der Waals surface area contributed by atoms with Crippen LogP contribution in [0.3, 0.4) is 0 Å². The maximum Gasteiger partial charge on any atom is 0.268 e. The molecule has 10 heteroatoms. The van der Waals surface area contributed by atoms with E-state index in [-0.39, 0.29) is 17.5 Å². The molecule has 0 aliphatic carbocycles. The van der Waals surface area contributed by atoms with Gasteiger partial charge in [0.1, 0.15) is 5.75 Å². The number of nitrogens with one attached hydrogen (secondary N) is 3. The molecule has 1 unspecified atom stereocenters. The summed E-state index contributed by atoms with van der Waals surface area (Å²) in [5.41, 5.74) is 1.75. The number of carbonyl (C=O) groups excluding carboxylic acids is 1. The van der Waals surface area contributed by atoms with Gasteiger partial charge in [0.25, 0.3) is 5.91 Å². The fourth-order valence-electron chi connectivity index (χ4n) is 5.14. The van der Waals surface area contributed by atoms with Crippen LogP contribution in [0.4, 0.5) is 10.1 Å². The average molecular weight is 589 g/mol. The molecule has 226 valence electrons. The Balaban J connectivity index is 1.26. The largest absolute Gasteiger partial charge is 0.493 e. The van der Waals surface area contributed by atoms with E-state index in [0.29, 0.717) is 47.1 Å². The van der Waals surface area contributed by atoms with E-state index < -0.39 is 18.0 Å². The number of rotatable bonds is 12. The number of ether oxygens (including phenoxy) is 3. The molecule has 0 radical (unpaired) electrons. The van der Waals surface area contributed by atoms with Gasteiger partial charge in [-0.25, -0.2) is 4.39 Å². The highest BCUT2D eigenvalue weighted by Crippen LogP contribution is 2.38. The Labute approximate surface area is 250 Å². The van der Waals surface area contributed by atoms with Crippen molar-refractivity contribution in [2.75, 3.05) is 32.1 Å². The summed E-state index contributed by atoms with van der Waals surface area (Å²) < 4.78 is 32.8. The zero-order valence-electron chi connectivity index (χ0n) is 24.3. The number of piperidine rings is 1. The quantitative estimate of drug-likeness (QED) is 0.159. The Hall–Kier alpha value is -4.25. The SMILES string of the molecule is CCC(N[C@H](O)C(=O)Nc1ccc(Oc2ccnc3cc(OCC4CCNCC4)c(OC)cc23)c(F)c1)c1ccccc1. The first-order valence-electron chi connectivity index (χ1n) is 14.5. The van der Waals surface area contributed by atoms with Gasteiger partial charge in [-0.15, -0.1) is 0 Å². The van der Waals surface area contributed by atoms with Gasteiger partial charge in [0.15, 0.2) is 29.3 Å². The molecule has 4 N–H and O–H groups in total. The van der Waals surface area contributed by atoms with E-state index in [9.17, 15) is 9.90 Å². The van der Waals surface area contributed by atoms with Crippen LogP contribution in [0.15, 0.2) is 72.9 Å². The first kappa shape index (κ1) is 30.2. The van der Waals surface area contributed by atoms with E-state index >= 15 is 4.39 Å². The normalized spacial score (nSPS) is 15.1. The maximum atomic E-state index is 15.1. The number of anilines is 1. The summed E-state index contributed by atoms with van der Waals surface area (Å²) in [6, 6.07) is 18.6. The predicted octanol–water partition coefficient (Wildman–Crippen LogP) is 5.55. The summed E-state index contributed by atoms with van der Waals surface area (Å²) in [4.78, 5) is 17.1. The van der Waals surface area contributed by atoms with Gasteiger partial charge in [0.2, 0.25) is 0 Å². The minimum absolute atomic E-state index is 0.0375. The van der Waals surface area contributed by atoms with Crippen LogP contribution in [0.25, 0.3) is 10.9 Å². The Kier molecular flexibility index (Phi) is 10.0. The topological polar surface area (TPSA) is 114 Å². The number of aliphatic hydroxyl groups is 1. The van der Waals surface area contributed by atoms with Gasteiger partial charge >= 0.3 is 0 Å². The Bertz CT molecular complexity index is 1530. The molecule has 1 aliphatic rings. The van der Waals surface area contributed by atoms with Gasteiger partial charge in [-0.1, -0.05) is 37.3 Å². The fraction of sp³-hybridized carbons (Fsp3) is 0.333. The van der Waals surface area contributed by atoms with Crippen LogP contribution in [0.5, 0.6) is 23.0 Å². The highest BCUT2D eigenvalue weighted by atomic mass is 19.1. The molecule has 1 amide bonds. The molecule has 4 aromatic rings. The van der Waals surface area contributed by atoms with Gasteiger partial charge in [-0.05, 0) is 68.1 Å². The molecular formula is C33H37FN4O5. The maximum absolute atomic E-state index is 15.1. The van der Waals surface area contributed by atoms with E-state index in [1.165, 1.54) is 12.1 Å². The standard InChI is InChI=1S/C33H37FN4O5/c1-3-26(22-7-5-4-6-8-22)38-33(40)32(39)37-23-9-10-29(25(34)17-23)43-28-13-16-36-27-19-31(30(41-2)18-24(27)28)42-20-21-11-14-35-15-12-21/h4-10,13,16-19,21,26,33,35,38,40H,3,11-12,14-15,20H2,1-2H3,(H,37,39)/t26?,33-/m1/s1. The third kappa shape index (κ3) is 7.59. The molecule has 1 fully saturated rings. The van der Waals surface area contributed by atoms with E-state index in [0.717, 1.165) is 37.6 Å². The molecule has 9 nitrogen and oxygen atoms in total. The van der Waals surface area contributed by atoms with Crippen molar-refractivity contribution in [2.24, 2.45) is 5.92 Å².